The minimum Gasteiger partial charge on any atom is -0.497 e. The van der Waals surface area contributed by atoms with Crippen molar-refractivity contribution in [3.05, 3.63) is 29.8 Å². The van der Waals surface area contributed by atoms with Crippen LogP contribution in [-0.2, 0) is 15.1 Å². The van der Waals surface area contributed by atoms with Crippen LogP contribution in [0.5, 0.6) is 5.75 Å². The van der Waals surface area contributed by atoms with Gasteiger partial charge in [-0.25, -0.2) is 0 Å². The highest BCUT2D eigenvalue weighted by atomic mass is 16.5. The van der Waals surface area contributed by atoms with Crippen LogP contribution in [0.2, 0.25) is 0 Å². The van der Waals surface area contributed by atoms with Gasteiger partial charge in [0, 0.05) is 0 Å². The van der Waals surface area contributed by atoms with Gasteiger partial charge >= 0.3 is 5.97 Å². The van der Waals surface area contributed by atoms with Crippen molar-refractivity contribution in [3.63, 3.8) is 0 Å². The molecular formula is C16H22O4. The molecule has 1 aromatic carbocycles. The van der Waals surface area contributed by atoms with Crippen LogP contribution >= 0.6 is 0 Å². The second-order valence-electron chi connectivity index (χ2n) is 5.29. The van der Waals surface area contributed by atoms with Gasteiger partial charge < -0.3 is 14.6 Å². The normalized spacial score (nSPS) is 26.1. The topological polar surface area (TPSA) is 55.8 Å². The number of carbonyl (C=O) groups is 1. The molecule has 20 heavy (non-hydrogen) atoms. The summed E-state index contributed by atoms with van der Waals surface area (Å²) in [7, 11) is 1.62. The molecule has 0 unspecified atom stereocenters. The van der Waals surface area contributed by atoms with Gasteiger partial charge in [0.1, 0.15) is 5.75 Å². The summed E-state index contributed by atoms with van der Waals surface area (Å²) in [5, 5.41) is 10.7. The number of carbonyl (C=O) groups excluding carboxylic acids is 1. The van der Waals surface area contributed by atoms with Crippen molar-refractivity contribution < 1.29 is 19.4 Å². The van der Waals surface area contributed by atoms with Gasteiger partial charge in [-0.3, -0.25) is 4.79 Å². The van der Waals surface area contributed by atoms with E-state index in [9.17, 15) is 9.90 Å². The maximum Gasteiger partial charge on any atom is 0.308 e. The van der Waals surface area contributed by atoms with Crippen molar-refractivity contribution in [2.24, 2.45) is 5.92 Å². The Labute approximate surface area is 119 Å². The third-order valence-corrected chi connectivity index (χ3v) is 4.06. The molecule has 0 atom stereocenters. The van der Waals surface area contributed by atoms with E-state index in [1.807, 2.05) is 31.2 Å². The lowest BCUT2D eigenvalue weighted by Gasteiger charge is -2.35. The number of rotatable bonds is 4. The molecule has 0 heterocycles. The van der Waals surface area contributed by atoms with Gasteiger partial charge in [0.25, 0.3) is 0 Å². The summed E-state index contributed by atoms with van der Waals surface area (Å²) in [4.78, 5) is 11.7. The van der Waals surface area contributed by atoms with Crippen LogP contribution in [-0.4, -0.2) is 24.8 Å². The zero-order valence-electron chi connectivity index (χ0n) is 12.1. The molecular weight excluding hydrogens is 256 g/mol. The maximum atomic E-state index is 11.7. The molecule has 0 aromatic heterocycles. The summed E-state index contributed by atoms with van der Waals surface area (Å²) < 4.78 is 10.2. The fraction of sp³-hybridized carbons (Fsp3) is 0.562. The van der Waals surface area contributed by atoms with Crippen molar-refractivity contribution >= 4 is 5.97 Å². The highest BCUT2D eigenvalue weighted by Crippen LogP contribution is 2.40. The van der Waals surface area contributed by atoms with Crippen molar-refractivity contribution in [1.29, 1.82) is 0 Å². The van der Waals surface area contributed by atoms with Crippen molar-refractivity contribution in [1.82, 2.24) is 0 Å². The molecule has 2 rings (SSSR count). The fourth-order valence-corrected chi connectivity index (χ4v) is 2.78. The standard InChI is InChI=1S/C16H22O4/c1-3-20-15(17)12-8-10-16(18,11-9-12)13-4-6-14(19-2)7-5-13/h4-7,12,18H,3,8-11H2,1-2H3. The second-order valence-corrected chi connectivity index (χ2v) is 5.29. The van der Waals surface area contributed by atoms with Crippen molar-refractivity contribution in [2.45, 2.75) is 38.2 Å². The monoisotopic (exact) mass is 278 g/mol. The molecule has 0 amide bonds. The summed E-state index contributed by atoms with van der Waals surface area (Å²) >= 11 is 0. The Hall–Kier alpha value is -1.55. The number of methoxy groups -OCH3 is 1. The number of hydrogen-bond acceptors (Lipinski definition) is 4. The van der Waals surface area contributed by atoms with E-state index in [1.54, 1.807) is 7.11 Å². The summed E-state index contributed by atoms with van der Waals surface area (Å²) in [5.41, 5.74) is 0.0514. The van der Waals surface area contributed by atoms with E-state index >= 15 is 0 Å². The third-order valence-electron chi connectivity index (χ3n) is 4.06. The zero-order valence-corrected chi connectivity index (χ0v) is 12.1. The van der Waals surface area contributed by atoms with Crippen LogP contribution in [0.1, 0.15) is 38.2 Å². The van der Waals surface area contributed by atoms with Crippen LogP contribution < -0.4 is 4.74 Å². The molecule has 1 saturated carbocycles. The quantitative estimate of drug-likeness (QED) is 0.860. The van der Waals surface area contributed by atoms with Gasteiger partial charge in [-0.15, -0.1) is 0 Å². The molecule has 0 saturated heterocycles. The van der Waals surface area contributed by atoms with Gasteiger partial charge in [-0.05, 0) is 50.3 Å². The minimum atomic E-state index is -0.838. The predicted molar refractivity (Wildman–Crippen MR) is 75.5 cm³/mol. The molecule has 1 aliphatic rings. The van der Waals surface area contributed by atoms with Crippen LogP contribution in [0.3, 0.4) is 0 Å². The Kier molecular flexibility index (Phi) is 4.65. The highest BCUT2D eigenvalue weighted by Gasteiger charge is 2.37. The average Bonchev–Trinajstić information content (AvgIpc) is 2.48. The van der Waals surface area contributed by atoms with Crippen LogP contribution in [0.15, 0.2) is 24.3 Å². The molecule has 0 bridgehead atoms. The van der Waals surface area contributed by atoms with Crippen LogP contribution in [0.4, 0.5) is 0 Å². The summed E-state index contributed by atoms with van der Waals surface area (Å²) in [5.74, 6) is 0.565. The van der Waals surface area contributed by atoms with Crippen LogP contribution in [0.25, 0.3) is 0 Å². The Morgan fingerprint density at radius 2 is 1.90 bits per heavy atom. The number of esters is 1. The number of aliphatic hydroxyl groups is 1. The lowest BCUT2D eigenvalue weighted by Crippen LogP contribution is -2.34. The molecule has 4 heteroatoms. The van der Waals surface area contributed by atoms with Crippen molar-refractivity contribution in [2.75, 3.05) is 13.7 Å². The first-order valence-corrected chi connectivity index (χ1v) is 7.12. The summed E-state index contributed by atoms with van der Waals surface area (Å²) in [6, 6.07) is 7.49. The summed E-state index contributed by atoms with van der Waals surface area (Å²) in [6.07, 6.45) is 2.51. The van der Waals surface area contributed by atoms with Gasteiger partial charge in [0.05, 0.1) is 25.2 Å². The molecule has 1 aliphatic carbocycles. The van der Waals surface area contributed by atoms with Gasteiger partial charge in [0.2, 0.25) is 0 Å². The number of hydrogen-bond donors (Lipinski definition) is 1. The van der Waals surface area contributed by atoms with E-state index in [4.69, 9.17) is 9.47 Å². The number of ether oxygens (including phenoxy) is 2. The van der Waals surface area contributed by atoms with E-state index in [-0.39, 0.29) is 11.9 Å². The fourth-order valence-electron chi connectivity index (χ4n) is 2.78. The van der Waals surface area contributed by atoms with E-state index in [0.29, 0.717) is 32.3 Å². The SMILES string of the molecule is CCOC(=O)C1CCC(O)(c2ccc(OC)cc2)CC1. The zero-order chi connectivity index (χ0) is 14.6. The first-order valence-electron chi connectivity index (χ1n) is 7.12. The van der Waals surface area contributed by atoms with Gasteiger partial charge in [-0.1, -0.05) is 12.1 Å². The van der Waals surface area contributed by atoms with E-state index < -0.39 is 5.60 Å². The lowest BCUT2D eigenvalue weighted by molar-refractivity contribution is -0.151. The van der Waals surface area contributed by atoms with Crippen molar-refractivity contribution in [3.8, 4) is 5.75 Å². The lowest BCUT2D eigenvalue weighted by atomic mass is 9.75. The Morgan fingerprint density at radius 3 is 2.40 bits per heavy atom. The first kappa shape index (κ1) is 14.9. The van der Waals surface area contributed by atoms with E-state index in [0.717, 1.165) is 11.3 Å². The highest BCUT2D eigenvalue weighted by molar-refractivity contribution is 5.72. The van der Waals surface area contributed by atoms with Gasteiger partial charge in [-0.2, -0.15) is 0 Å². The maximum absolute atomic E-state index is 11.7. The predicted octanol–water partition coefficient (Wildman–Crippen LogP) is 2.64. The molecule has 1 aromatic rings. The Balaban J connectivity index is 2.01. The largest absolute Gasteiger partial charge is 0.497 e. The van der Waals surface area contributed by atoms with E-state index in [1.165, 1.54) is 0 Å². The Morgan fingerprint density at radius 1 is 1.30 bits per heavy atom. The second kappa shape index (κ2) is 6.27. The minimum absolute atomic E-state index is 0.0755. The molecule has 1 N–H and O–H groups in total. The molecule has 1 fully saturated rings. The molecule has 0 aliphatic heterocycles. The summed E-state index contributed by atoms with van der Waals surface area (Å²) in [6.45, 7) is 2.23. The first-order chi connectivity index (χ1) is 9.59. The third kappa shape index (κ3) is 3.12. The van der Waals surface area contributed by atoms with E-state index in [2.05, 4.69) is 0 Å². The number of benzene rings is 1. The van der Waals surface area contributed by atoms with Gasteiger partial charge in [0.15, 0.2) is 0 Å². The Bertz CT molecular complexity index is 444. The molecule has 0 spiro atoms. The molecule has 110 valence electrons. The molecule has 4 nitrogen and oxygen atoms in total. The smallest absolute Gasteiger partial charge is 0.308 e. The van der Waals surface area contributed by atoms with Crippen LogP contribution in [0, 0.1) is 5.92 Å². The average molecular weight is 278 g/mol. The molecule has 0 radical (unpaired) electrons.